The van der Waals surface area contributed by atoms with Crippen LogP contribution in [0.15, 0.2) is 18.5 Å². The summed E-state index contributed by atoms with van der Waals surface area (Å²) in [5.41, 5.74) is 2.75. The number of fused-ring (bicyclic) bond motifs is 2. The SMILES string of the molecule is CC1(C)[C@H]2CC[C@@]1(C)[C@H](c1cncc(C#N)c1)C2. The van der Waals surface area contributed by atoms with Crippen molar-refractivity contribution in [2.24, 2.45) is 16.7 Å². The average molecular weight is 240 g/mol. The van der Waals surface area contributed by atoms with Crippen molar-refractivity contribution >= 4 is 0 Å². The second-order valence-corrected chi connectivity index (χ2v) is 6.78. The summed E-state index contributed by atoms with van der Waals surface area (Å²) in [6, 6.07) is 4.25. The predicted molar refractivity (Wildman–Crippen MR) is 70.9 cm³/mol. The first-order valence-corrected chi connectivity index (χ1v) is 6.84. The van der Waals surface area contributed by atoms with E-state index in [1.54, 1.807) is 6.20 Å². The van der Waals surface area contributed by atoms with Crippen LogP contribution >= 0.6 is 0 Å². The molecule has 2 saturated carbocycles. The maximum Gasteiger partial charge on any atom is 0.101 e. The van der Waals surface area contributed by atoms with Crippen molar-refractivity contribution in [2.45, 2.75) is 46.0 Å². The lowest BCUT2D eigenvalue weighted by Gasteiger charge is -2.39. The zero-order valence-electron chi connectivity index (χ0n) is 11.4. The van der Waals surface area contributed by atoms with Gasteiger partial charge >= 0.3 is 0 Å². The maximum atomic E-state index is 9.01. The lowest BCUT2D eigenvalue weighted by molar-refractivity contribution is 0.134. The Hall–Kier alpha value is -1.36. The van der Waals surface area contributed by atoms with Gasteiger partial charge in [-0.25, -0.2) is 0 Å². The van der Waals surface area contributed by atoms with Gasteiger partial charge in [-0.3, -0.25) is 4.98 Å². The maximum absolute atomic E-state index is 9.01. The molecule has 1 aromatic rings. The molecule has 94 valence electrons. The van der Waals surface area contributed by atoms with Gasteiger partial charge in [0.25, 0.3) is 0 Å². The fraction of sp³-hybridized carbons (Fsp3) is 0.625. The Morgan fingerprint density at radius 3 is 2.67 bits per heavy atom. The molecule has 0 radical (unpaired) electrons. The Morgan fingerprint density at radius 1 is 1.33 bits per heavy atom. The van der Waals surface area contributed by atoms with Crippen molar-refractivity contribution in [3.05, 3.63) is 29.6 Å². The third kappa shape index (κ3) is 1.31. The van der Waals surface area contributed by atoms with E-state index in [1.807, 2.05) is 12.3 Å². The summed E-state index contributed by atoms with van der Waals surface area (Å²) >= 11 is 0. The van der Waals surface area contributed by atoms with Crippen LogP contribution < -0.4 is 0 Å². The topological polar surface area (TPSA) is 36.7 Å². The largest absolute Gasteiger partial charge is 0.263 e. The summed E-state index contributed by atoms with van der Waals surface area (Å²) in [7, 11) is 0. The molecule has 2 bridgehead atoms. The first-order chi connectivity index (χ1) is 8.49. The molecule has 0 spiro atoms. The number of nitrogens with zero attached hydrogens (tertiary/aromatic N) is 2. The van der Waals surface area contributed by atoms with Gasteiger partial charge in [0.1, 0.15) is 6.07 Å². The molecule has 2 fully saturated rings. The van der Waals surface area contributed by atoms with Crippen molar-refractivity contribution < 1.29 is 0 Å². The van der Waals surface area contributed by atoms with E-state index in [4.69, 9.17) is 5.26 Å². The molecule has 0 aliphatic heterocycles. The molecule has 0 N–H and O–H groups in total. The van der Waals surface area contributed by atoms with E-state index < -0.39 is 0 Å². The van der Waals surface area contributed by atoms with Crippen LogP contribution in [0.2, 0.25) is 0 Å². The van der Waals surface area contributed by atoms with Crippen LogP contribution in [0.4, 0.5) is 0 Å². The monoisotopic (exact) mass is 240 g/mol. The van der Waals surface area contributed by atoms with Gasteiger partial charge in [-0.1, -0.05) is 20.8 Å². The highest BCUT2D eigenvalue weighted by atomic mass is 14.7. The Labute approximate surface area is 109 Å². The fourth-order valence-corrected chi connectivity index (χ4v) is 4.42. The molecule has 2 nitrogen and oxygen atoms in total. The third-order valence-corrected chi connectivity index (χ3v) is 6.08. The van der Waals surface area contributed by atoms with E-state index in [2.05, 4.69) is 31.8 Å². The minimum absolute atomic E-state index is 0.368. The molecule has 3 rings (SSSR count). The molecule has 1 aromatic heterocycles. The van der Waals surface area contributed by atoms with Crippen LogP contribution in [-0.2, 0) is 0 Å². The molecular formula is C16H20N2. The van der Waals surface area contributed by atoms with Gasteiger partial charge in [-0.05, 0) is 53.6 Å². The van der Waals surface area contributed by atoms with Gasteiger partial charge in [0.05, 0.1) is 5.56 Å². The summed E-state index contributed by atoms with van der Waals surface area (Å²) in [6.07, 6.45) is 7.56. The summed E-state index contributed by atoms with van der Waals surface area (Å²) in [6.45, 7) is 7.28. The van der Waals surface area contributed by atoms with Gasteiger partial charge < -0.3 is 0 Å². The number of rotatable bonds is 1. The number of nitriles is 1. The van der Waals surface area contributed by atoms with E-state index in [1.165, 1.54) is 24.8 Å². The number of pyridine rings is 1. The summed E-state index contributed by atoms with van der Waals surface area (Å²) in [4.78, 5) is 4.24. The van der Waals surface area contributed by atoms with E-state index in [9.17, 15) is 0 Å². The highest BCUT2D eigenvalue weighted by Gasteiger charge is 2.61. The molecule has 0 aromatic carbocycles. The second-order valence-electron chi connectivity index (χ2n) is 6.78. The standard InChI is InChI=1S/C16H20N2/c1-15(2)13-4-5-16(15,3)14(7-13)12-6-11(8-17)9-18-10-12/h6,9-10,13-14H,4-5,7H2,1-3H3/t13-,14-,16-/m0/s1. The van der Waals surface area contributed by atoms with E-state index >= 15 is 0 Å². The zero-order chi connectivity index (χ0) is 13.0. The smallest absolute Gasteiger partial charge is 0.101 e. The summed E-state index contributed by atoms with van der Waals surface area (Å²) in [5, 5.41) is 9.01. The Morgan fingerprint density at radius 2 is 2.11 bits per heavy atom. The number of hydrogen-bond acceptors (Lipinski definition) is 2. The van der Waals surface area contributed by atoms with E-state index in [-0.39, 0.29) is 0 Å². The van der Waals surface area contributed by atoms with Crippen LogP contribution in [0.5, 0.6) is 0 Å². The molecule has 1 heterocycles. The van der Waals surface area contributed by atoms with Gasteiger partial charge in [0.2, 0.25) is 0 Å². The van der Waals surface area contributed by atoms with Crippen molar-refractivity contribution in [1.29, 1.82) is 5.26 Å². The molecular weight excluding hydrogens is 220 g/mol. The van der Waals surface area contributed by atoms with Crippen molar-refractivity contribution in [1.82, 2.24) is 4.98 Å². The Kier molecular flexibility index (Phi) is 2.32. The van der Waals surface area contributed by atoms with Gasteiger partial charge in [0.15, 0.2) is 0 Å². The van der Waals surface area contributed by atoms with Crippen molar-refractivity contribution in [3.8, 4) is 6.07 Å². The van der Waals surface area contributed by atoms with Crippen molar-refractivity contribution in [2.75, 3.05) is 0 Å². The van der Waals surface area contributed by atoms with Crippen LogP contribution in [0.1, 0.15) is 57.1 Å². The number of aromatic nitrogens is 1. The molecule has 0 amide bonds. The Balaban J connectivity index is 2.03. The quantitative estimate of drug-likeness (QED) is 0.746. The fourth-order valence-electron chi connectivity index (χ4n) is 4.42. The minimum atomic E-state index is 0.368. The normalized spacial score (nSPS) is 36.6. The molecule has 2 aliphatic rings. The van der Waals surface area contributed by atoms with E-state index in [0.717, 1.165) is 5.92 Å². The zero-order valence-corrected chi connectivity index (χ0v) is 11.4. The first-order valence-electron chi connectivity index (χ1n) is 6.84. The lowest BCUT2D eigenvalue weighted by Crippen LogP contribution is -2.31. The van der Waals surface area contributed by atoms with Gasteiger partial charge in [-0.15, -0.1) is 0 Å². The minimum Gasteiger partial charge on any atom is -0.263 e. The van der Waals surface area contributed by atoms with Crippen LogP contribution in [-0.4, -0.2) is 4.98 Å². The molecule has 0 saturated heterocycles. The van der Waals surface area contributed by atoms with Crippen LogP contribution in [0, 0.1) is 28.1 Å². The highest BCUT2D eigenvalue weighted by Crippen LogP contribution is 2.70. The van der Waals surface area contributed by atoms with E-state index in [0.29, 0.717) is 22.3 Å². The molecule has 18 heavy (non-hydrogen) atoms. The van der Waals surface area contributed by atoms with Crippen LogP contribution in [0.3, 0.4) is 0 Å². The number of hydrogen-bond donors (Lipinski definition) is 0. The summed E-state index contributed by atoms with van der Waals surface area (Å²) < 4.78 is 0. The third-order valence-electron chi connectivity index (χ3n) is 6.08. The van der Waals surface area contributed by atoms with Crippen LogP contribution in [0.25, 0.3) is 0 Å². The van der Waals surface area contributed by atoms with Gasteiger partial charge in [-0.2, -0.15) is 5.26 Å². The first kappa shape index (κ1) is 11.7. The highest BCUT2D eigenvalue weighted by molar-refractivity contribution is 5.34. The average Bonchev–Trinajstić information content (AvgIpc) is 2.71. The van der Waals surface area contributed by atoms with Gasteiger partial charge in [0, 0.05) is 12.4 Å². The molecule has 2 aliphatic carbocycles. The lowest BCUT2D eigenvalue weighted by atomic mass is 9.65. The van der Waals surface area contributed by atoms with Crippen molar-refractivity contribution in [3.63, 3.8) is 0 Å². The predicted octanol–water partition coefficient (Wildman–Crippen LogP) is 3.88. The summed E-state index contributed by atoms with van der Waals surface area (Å²) in [5.74, 6) is 1.41. The molecule has 0 unspecified atom stereocenters. The molecule has 3 atom stereocenters. The second kappa shape index (κ2) is 3.57. The Bertz CT molecular complexity index is 526. The molecule has 2 heteroatoms.